The molecule has 0 aromatic heterocycles. The number of anilines is 1. The molecule has 5 nitrogen and oxygen atoms in total. The quantitative estimate of drug-likeness (QED) is 0.766. The van der Waals surface area contributed by atoms with E-state index in [2.05, 4.69) is 17.4 Å². The zero-order valence-corrected chi connectivity index (χ0v) is 15.9. The summed E-state index contributed by atoms with van der Waals surface area (Å²) in [6, 6.07) is 15.9. The van der Waals surface area contributed by atoms with Gasteiger partial charge in [-0.15, -0.1) is 0 Å². The second-order valence-corrected chi connectivity index (χ2v) is 6.96. The number of benzene rings is 2. The number of aryl methyl sites for hydroxylation is 2. The minimum absolute atomic E-state index is 0.0386. The normalized spacial score (nSPS) is 16.4. The number of carbonyl (C=O) groups excluding carboxylic acids is 2. The Hall–Kier alpha value is -2.82. The summed E-state index contributed by atoms with van der Waals surface area (Å²) in [4.78, 5) is 26.6. The molecule has 2 aromatic carbocycles. The fourth-order valence-corrected chi connectivity index (χ4v) is 3.42. The average molecular weight is 366 g/mol. The first kappa shape index (κ1) is 19.0. The van der Waals surface area contributed by atoms with Crippen molar-refractivity contribution in [2.45, 2.75) is 26.2 Å². The highest BCUT2D eigenvalue weighted by molar-refractivity contribution is 6.01. The maximum absolute atomic E-state index is 12.5. The Bertz CT molecular complexity index is 804. The highest BCUT2D eigenvalue weighted by Crippen LogP contribution is 2.33. The third kappa shape index (κ3) is 4.67. The van der Waals surface area contributed by atoms with E-state index in [4.69, 9.17) is 4.74 Å². The summed E-state index contributed by atoms with van der Waals surface area (Å²) in [5, 5.41) is 2.98. The molecule has 3 rings (SSSR count). The number of methoxy groups -OCH3 is 1. The fraction of sp³-hybridized carbons (Fsp3) is 0.364. The summed E-state index contributed by atoms with van der Waals surface area (Å²) in [5.74, 6) is 0.242. The predicted molar refractivity (Wildman–Crippen MR) is 106 cm³/mol. The minimum atomic E-state index is -0.320. The van der Waals surface area contributed by atoms with Crippen LogP contribution in [0, 0.1) is 12.8 Å². The maximum Gasteiger partial charge on any atom is 0.227 e. The molecule has 1 N–H and O–H groups in total. The highest BCUT2D eigenvalue weighted by atomic mass is 16.5. The summed E-state index contributed by atoms with van der Waals surface area (Å²) < 4.78 is 5.38. The van der Waals surface area contributed by atoms with E-state index in [0.29, 0.717) is 18.8 Å². The summed E-state index contributed by atoms with van der Waals surface area (Å²) in [5.41, 5.74) is 3.05. The molecular formula is C22H26N2O3. The molecule has 0 spiro atoms. The lowest BCUT2D eigenvalue weighted by atomic mass is 10.1. The van der Waals surface area contributed by atoms with Gasteiger partial charge < -0.3 is 15.0 Å². The van der Waals surface area contributed by atoms with Crippen LogP contribution in [0.4, 0.5) is 5.69 Å². The van der Waals surface area contributed by atoms with Crippen molar-refractivity contribution in [3.05, 3.63) is 59.7 Å². The number of ether oxygens (including phenoxy) is 1. The van der Waals surface area contributed by atoms with Crippen LogP contribution in [0.25, 0.3) is 0 Å². The lowest BCUT2D eigenvalue weighted by molar-refractivity contribution is -0.126. The van der Waals surface area contributed by atoms with Crippen molar-refractivity contribution >= 4 is 17.5 Å². The number of nitrogens with zero attached hydrogens (tertiary/aromatic N) is 1. The summed E-state index contributed by atoms with van der Waals surface area (Å²) in [6.07, 6.45) is 2.05. The highest BCUT2D eigenvalue weighted by Gasteiger charge is 2.36. The SMILES string of the molecule is COc1ccc(C)cc1N1C[C@H](C(=O)NCCCc2ccccc2)CC1=O. The van der Waals surface area contributed by atoms with Crippen molar-refractivity contribution in [1.82, 2.24) is 5.32 Å². The van der Waals surface area contributed by atoms with Crippen LogP contribution in [0.15, 0.2) is 48.5 Å². The molecule has 0 radical (unpaired) electrons. The number of hydrogen-bond donors (Lipinski definition) is 1. The number of carbonyl (C=O) groups is 2. The zero-order chi connectivity index (χ0) is 19.2. The van der Waals surface area contributed by atoms with E-state index < -0.39 is 0 Å². The van der Waals surface area contributed by atoms with Gasteiger partial charge in [0.05, 0.1) is 18.7 Å². The van der Waals surface area contributed by atoms with Crippen LogP contribution < -0.4 is 15.0 Å². The standard InChI is InChI=1S/C22H26N2O3/c1-16-10-11-20(27-2)19(13-16)24-15-18(14-21(24)25)22(26)23-12-6-9-17-7-4-3-5-8-17/h3-5,7-8,10-11,13,18H,6,9,12,14-15H2,1-2H3,(H,23,26)/t18-/m1/s1. The Morgan fingerprint density at radius 1 is 1.22 bits per heavy atom. The predicted octanol–water partition coefficient (Wildman–Crippen LogP) is 3.11. The fourth-order valence-electron chi connectivity index (χ4n) is 3.42. The van der Waals surface area contributed by atoms with Gasteiger partial charge in [0.1, 0.15) is 5.75 Å². The molecule has 1 fully saturated rings. The summed E-state index contributed by atoms with van der Waals surface area (Å²) >= 11 is 0. The molecule has 2 amide bonds. The van der Waals surface area contributed by atoms with Gasteiger partial charge in [0.25, 0.3) is 0 Å². The van der Waals surface area contributed by atoms with E-state index in [0.717, 1.165) is 24.1 Å². The summed E-state index contributed by atoms with van der Waals surface area (Å²) in [7, 11) is 1.59. The van der Waals surface area contributed by atoms with E-state index in [1.165, 1.54) is 5.56 Å². The van der Waals surface area contributed by atoms with Gasteiger partial charge >= 0.3 is 0 Å². The first-order chi connectivity index (χ1) is 13.1. The van der Waals surface area contributed by atoms with Crippen molar-refractivity contribution < 1.29 is 14.3 Å². The van der Waals surface area contributed by atoms with Gasteiger partial charge in [-0.25, -0.2) is 0 Å². The molecule has 1 aliphatic heterocycles. The third-order valence-electron chi connectivity index (χ3n) is 4.91. The van der Waals surface area contributed by atoms with Gasteiger partial charge in [0.2, 0.25) is 11.8 Å². The van der Waals surface area contributed by atoms with Gasteiger partial charge in [-0.1, -0.05) is 36.4 Å². The van der Waals surface area contributed by atoms with Crippen LogP contribution >= 0.6 is 0 Å². The van der Waals surface area contributed by atoms with Crippen molar-refractivity contribution in [2.24, 2.45) is 5.92 Å². The van der Waals surface area contributed by atoms with E-state index >= 15 is 0 Å². The zero-order valence-electron chi connectivity index (χ0n) is 15.9. The molecule has 0 unspecified atom stereocenters. The van der Waals surface area contributed by atoms with Gasteiger partial charge in [-0.05, 0) is 43.0 Å². The lowest BCUT2D eigenvalue weighted by Crippen LogP contribution is -2.33. The molecule has 2 aromatic rings. The largest absolute Gasteiger partial charge is 0.495 e. The second-order valence-electron chi connectivity index (χ2n) is 6.96. The molecule has 1 aliphatic rings. The first-order valence-corrected chi connectivity index (χ1v) is 9.35. The lowest BCUT2D eigenvalue weighted by Gasteiger charge is -2.20. The molecule has 0 saturated carbocycles. The summed E-state index contributed by atoms with van der Waals surface area (Å²) in [6.45, 7) is 2.98. The van der Waals surface area contributed by atoms with Crippen molar-refractivity contribution in [3.63, 3.8) is 0 Å². The van der Waals surface area contributed by atoms with E-state index in [-0.39, 0.29) is 24.2 Å². The molecule has 27 heavy (non-hydrogen) atoms. The maximum atomic E-state index is 12.5. The first-order valence-electron chi connectivity index (χ1n) is 9.35. The molecular weight excluding hydrogens is 340 g/mol. The third-order valence-corrected chi connectivity index (χ3v) is 4.91. The molecule has 142 valence electrons. The van der Waals surface area contributed by atoms with Crippen molar-refractivity contribution in [1.29, 1.82) is 0 Å². The smallest absolute Gasteiger partial charge is 0.227 e. The van der Waals surface area contributed by atoms with Crippen molar-refractivity contribution in [3.8, 4) is 5.75 Å². The molecule has 0 bridgehead atoms. The average Bonchev–Trinajstić information content (AvgIpc) is 3.07. The molecule has 5 heteroatoms. The Morgan fingerprint density at radius 2 is 2.00 bits per heavy atom. The van der Waals surface area contributed by atoms with Crippen LogP contribution in [0.1, 0.15) is 24.0 Å². The Kier molecular flexibility index (Phi) is 6.12. The van der Waals surface area contributed by atoms with E-state index in [1.54, 1.807) is 12.0 Å². The number of nitrogens with one attached hydrogen (secondary N) is 1. The Morgan fingerprint density at radius 3 is 2.74 bits per heavy atom. The number of rotatable bonds is 7. The molecule has 1 atom stereocenters. The van der Waals surface area contributed by atoms with Crippen molar-refractivity contribution in [2.75, 3.05) is 25.1 Å². The number of amides is 2. The van der Waals surface area contributed by atoms with Gasteiger partial charge in [-0.2, -0.15) is 0 Å². The van der Waals surface area contributed by atoms with Crippen LogP contribution in [-0.2, 0) is 16.0 Å². The monoisotopic (exact) mass is 366 g/mol. The van der Waals surface area contributed by atoms with Gasteiger partial charge in [0.15, 0.2) is 0 Å². The topological polar surface area (TPSA) is 58.6 Å². The number of hydrogen-bond acceptors (Lipinski definition) is 3. The van der Waals surface area contributed by atoms with Gasteiger partial charge in [0, 0.05) is 19.5 Å². The Labute approximate surface area is 160 Å². The van der Waals surface area contributed by atoms with Gasteiger partial charge in [-0.3, -0.25) is 9.59 Å². The molecule has 0 aliphatic carbocycles. The van der Waals surface area contributed by atoms with Crippen LogP contribution in [0.2, 0.25) is 0 Å². The second kappa shape index (κ2) is 8.71. The van der Waals surface area contributed by atoms with Crippen LogP contribution in [0.3, 0.4) is 0 Å². The van der Waals surface area contributed by atoms with Crippen LogP contribution in [0.5, 0.6) is 5.75 Å². The minimum Gasteiger partial charge on any atom is -0.495 e. The van der Waals surface area contributed by atoms with E-state index in [1.807, 2.05) is 43.3 Å². The van der Waals surface area contributed by atoms with Crippen LogP contribution in [-0.4, -0.2) is 32.0 Å². The molecule has 1 heterocycles. The Balaban J connectivity index is 1.54. The molecule has 1 saturated heterocycles. The van der Waals surface area contributed by atoms with E-state index in [9.17, 15) is 9.59 Å².